The monoisotopic (exact) mass is 394 g/mol. The lowest BCUT2D eigenvalue weighted by molar-refractivity contribution is -0.130. The Bertz CT molecular complexity index is 932. The van der Waals surface area contributed by atoms with Crippen molar-refractivity contribution in [2.45, 2.75) is 46.1 Å². The SMILES string of the molecule is Cc1cccc(C)c1NC(=O)CNC(=O)C(C)OC(=O)c1ccc2c(c1)CCC2. The third-order valence-corrected chi connectivity index (χ3v) is 5.16. The van der Waals surface area contributed by atoms with Crippen LogP contribution in [-0.2, 0) is 27.2 Å². The number of nitrogens with one attached hydrogen (secondary N) is 2. The van der Waals surface area contributed by atoms with Gasteiger partial charge in [-0.3, -0.25) is 9.59 Å². The lowest BCUT2D eigenvalue weighted by Gasteiger charge is -2.15. The summed E-state index contributed by atoms with van der Waals surface area (Å²) in [7, 11) is 0. The molecule has 0 saturated carbocycles. The summed E-state index contributed by atoms with van der Waals surface area (Å²) in [6.45, 7) is 5.10. The highest BCUT2D eigenvalue weighted by molar-refractivity contribution is 5.97. The van der Waals surface area contributed by atoms with Crippen LogP contribution < -0.4 is 10.6 Å². The molecule has 6 heteroatoms. The molecule has 2 amide bonds. The van der Waals surface area contributed by atoms with Gasteiger partial charge in [0.05, 0.1) is 12.1 Å². The summed E-state index contributed by atoms with van der Waals surface area (Å²) in [4.78, 5) is 36.7. The summed E-state index contributed by atoms with van der Waals surface area (Å²) < 4.78 is 5.26. The Balaban J connectivity index is 1.50. The fourth-order valence-corrected chi connectivity index (χ4v) is 3.49. The quantitative estimate of drug-likeness (QED) is 0.738. The number of fused-ring (bicyclic) bond motifs is 1. The number of rotatable bonds is 6. The zero-order valence-electron chi connectivity index (χ0n) is 17.0. The molecule has 1 atom stereocenters. The van der Waals surface area contributed by atoms with Crippen LogP contribution in [0.1, 0.15) is 46.0 Å². The molecule has 1 unspecified atom stereocenters. The zero-order chi connectivity index (χ0) is 21.0. The normalized spacial score (nSPS) is 13.3. The first kappa shape index (κ1) is 20.6. The second-order valence-corrected chi connectivity index (χ2v) is 7.42. The number of carbonyl (C=O) groups excluding carboxylic acids is 3. The van der Waals surface area contributed by atoms with E-state index in [0.717, 1.165) is 36.1 Å². The molecule has 0 radical (unpaired) electrons. The van der Waals surface area contributed by atoms with Crippen LogP contribution in [0.5, 0.6) is 0 Å². The highest BCUT2D eigenvalue weighted by Gasteiger charge is 2.21. The van der Waals surface area contributed by atoms with Gasteiger partial charge in [-0.25, -0.2) is 4.79 Å². The van der Waals surface area contributed by atoms with Gasteiger partial charge in [-0.05, 0) is 74.4 Å². The topological polar surface area (TPSA) is 84.5 Å². The maximum atomic E-state index is 12.3. The van der Waals surface area contributed by atoms with Gasteiger partial charge in [-0.15, -0.1) is 0 Å². The minimum absolute atomic E-state index is 0.201. The van der Waals surface area contributed by atoms with Gasteiger partial charge in [-0.1, -0.05) is 24.3 Å². The van der Waals surface area contributed by atoms with Crippen LogP contribution in [0.15, 0.2) is 36.4 Å². The number of para-hydroxylation sites is 1. The number of anilines is 1. The molecule has 0 aromatic heterocycles. The van der Waals surface area contributed by atoms with Crippen molar-refractivity contribution in [3.63, 3.8) is 0 Å². The van der Waals surface area contributed by atoms with Crippen molar-refractivity contribution >= 4 is 23.5 Å². The van der Waals surface area contributed by atoms with Gasteiger partial charge in [0.1, 0.15) is 0 Å². The predicted octanol–water partition coefficient (Wildman–Crippen LogP) is 3.09. The molecule has 6 nitrogen and oxygen atoms in total. The molecule has 2 N–H and O–H groups in total. The van der Waals surface area contributed by atoms with Gasteiger partial charge in [0, 0.05) is 5.69 Å². The molecule has 0 saturated heterocycles. The van der Waals surface area contributed by atoms with Crippen molar-refractivity contribution in [1.82, 2.24) is 5.32 Å². The summed E-state index contributed by atoms with van der Waals surface area (Å²) >= 11 is 0. The molecule has 0 bridgehead atoms. The van der Waals surface area contributed by atoms with Crippen LogP contribution in [0, 0.1) is 13.8 Å². The average Bonchev–Trinajstić information content (AvgIpc) is 3.16. The first-order chi connectivity index (χ1) is 13.8. The third kappa shape index (κ3) is 5.02. The number of ether oxygens (including phenoxy) is 1. The molecule has 152 valence electrons. The van der Waals surface area contributed by atoms with E-state index in [0.29, 0.717) is 5.56 Å². The molecule has 0 fully saturated rings. The van der Waals surface area contributed by atoms with Gasteiger partial charge in [-0.2, -0.15) is 0 Å². The van der Waals surface area contributed by atoms with E-state index in [1.165, 1.54) is 18.1 Å². The fraction of sp³-hybridized carbons (Fsp3) is 0.348. The molecule has 0 heterocycles. The number of amides is 2. The molecule has 2 aromatic rings. The summed E-state index contributed by atoms with van der Waals surface area (Å²) in [5.74, 6) is -1.40. The average molecular weight is 394 g/mol. The van der Waals surface area contributed by atoms with Gasteiger partial charge >= 0.3 is 5.97 Å². The number of benzene rings is 2. The summed E-state index contributed by atoms with van der Waals surface area (Å²) in [5.41, 5.74) is 5.51. The van der Waals surface area contributed by atoms with E-state index in [-0.39, 0.29) is 12.5 Å². The maximum Gasteiger partial charge on any atom is 0.338 e. The lowest BCUT2D eigenvalue weighted by Crippen LogP contribution is -2.40. The molecular weight excluding hydrogens is 368 g/mol. The smallest absolute Gasteiger partial charge is 0.338 e. The van der Waals surface area contributed by atoms with Crippen LogP contribution in [0.2, 0.25) is 0 Å². The van der Waals surface area contributed by atoms with Gasteiger partial charge in [0.25, 0.3) is 5.91 Å². The van der Waals surface area contributed by atoms with E-state index < -0.39 is 18.0 Å². The van der Waals surface area contributed by atoms with Crippen LogP contribution >= 0.6 is 0 Å². The van der Waals surface area contributed by atoms with Gasteiger partial charge < -0.3 is 15.4 Å². The first-order valence-electron chi connectivity index (χ1n) is 9.81. The standard InChI is InChI=1S/C23H26N2O4/c1-14-6-4-7-15(2)21(14)25-20(26)13-24-22(27)16(3)29-23(28)19-11-10-17-8-5-9-18(17)12-19/h4,6-7,10-12,16H,5,8-9,13H2,1-3H3,(H,24,27)(H,25,26). The Morgan fingerprint density at radius 3 is 2.45 bits per heavy atom. The zero-order valence-corrected chi connectivity index (χ0v) is 17.0. The van der Waals surface area contributed by atoms with Crippen LogP contribution in [0.25, 0.3) is 0 Å². The Labute approximate surface area is 170 Å². The Morgan fingerprint density at radius 2 is 1.72 bits per heavy atom. The minimum atomic E-state index is -0.997. The highest BCUT2D eigenvalue weighted by atomic mass is 16.5. The Kier molecular flexibility index (Phi) is 6.32. The van der Waals surface area contributed by atoms with Crippen molar-refractivity contribution in [3.05, 3.63) is 64.2 Å². The summed E-state index contributed by atoms with van der Waals surface area (Å²) in [6, 6.07) is 11.2. The van der Waals surface area contributed by atoms with E-state index in [2.05, 4.69) is 10.6 Å². The number of esters is 1. The number of hydrogen-bond acceptors (Lipinski definition) is 4. The van der Waals surface area contributed by atoms with Crippen molar-refractivity contribution in [3.8, 4) is 0 Å². The van der Waals surface area contributed by atoms with Crippen molar-refractivity contribution in [2.75, 3.05) is 11.9 Å². The van der Waals surface area contributed by atoms with E-state index in [1.807, 2.05) is 44.2 Å². The predicted molar refractivity (Wildman–Crippen MR) is 111 cm³/mol. The molecule has 1 aliphatic rings. The summed E-state index contributed by atoms with van der Waals surface area (Å²) in [5, 5.41) is 5.31. The largest absolute Gasteiger partial charge is 0.449 e. The molecule has 29 heavy (non-hydrogen) atoms. The summed E-state index contributed by atoms with van der Waals surface area (Å²) in [6.07, 6.45) is 2.09. The molecule has 2 aromatic carbocycles. The number of aryl methyl sites for hydroxylation is 4. The highest BCUT2D eigenvalue weighted by Crippen LogP contribution is 2.23. The van der Waals surface area contributed by atoms with Crippen LogP contribution in [0.4, 0.5) is 5.69 Å². The van der Waals surface area contributed by atoms with E-state index in [1.54, 1.807) is 6.07 Å². The minimum Gasteiger partial charge on any atom is -0.449 e. The third-order valence-electron chi connectivity index (χ3n) is 5.16. The van der Waals surface area contributed by atoms with E-state index >= 15 is 0 Å². The number of carbonyl (C=O) groups is 3. The molecule has 1 aliphatic carbocycles. The van der Waals surface area contributed by atoms with Crippen molar-refractivity contribution in [1.29, 1.82) is 0 Å². The molecule has 0 aliphatic heterocycles. The lowest BCUT2D eigenvalue weighted by atomic mass is 10.1. The number of hydrogen-bond donors (Lipinski definition) is 2. The Morgan fingerprint density at radius 1 is 1.03 bits per heavy atom. The maximum absolute atomic E-state index is 12.3. The molecular formula is C23H26N2O4. The fourth-order valence-electron chi connectivity index (χ4n) is 3.49. The van der Waals surface area contributed by atoms with Crippen LogP contribution in [0.3, 0.4) is 0 Å². The van der Waals surface area contributed by atoms with Crippen molar-refractivity contribution < 1.29 is 19.1 Å². The second-order valence-electron chi connectivity index (χ2n) is 7.42. The van der Waals surface area contributed by atoms with Gasteiger partial charge in [0.2, 0.25) is 5.91 Å². The van der Waals surface area contributed by atoms with Crippen molar-refractivity contribution in [2.24, 2.45) is 0 Å². The van der Waals surface area contributed by atoms with Crippen LogP contribution in [-0.4, -0.2) is 30.4 Å². The second kappa shape index (κ2) is 8.90. The van der Waals surface area contributed by atoms with E-state index in [4.69, 9.17) is 4.74 Å². The molecule has 3 rings (SSSR count). The Hall–Kier alpha value is -3.15. The first-order valence-corrected chi connectivity index (χ1v) is 9.81. The van der Waals surface area contributed by atoms with E-state index in [9.17, 15) is 14.4 Å². The molecule has 0 spiro atoms. The van der Waals surface area contributed by atoms with Gasteiger partial charge in [0.15, 0.2) is 6.10 Å².